The third-order valence-electron chi connectivity index (χ3n) is 4.40. The number of halogens is 1. The van der Waals surface area contributed by atoms with Gasteiger partial charge in [0.05, 0.1) is 17.5 Å². The number of benzene rings is 2. The maximum absolute atomic E-state index is 12.9. The molecule has 0 aliphatic heterocycles. The molecule has 1 atom stereocenters. The lowest BCUT2D eigenvalue weighted by Gasteiger charge is -2.20. The number of rotatable bonds is 10. The number of anilines is 1. The summed E-state index contributed by atoms with van der Waals surface area (Å²) in [6.45, 7) is -0.413. The number of aliphatic carboxylic acids is 1. The summed E-state index contributed by atoms with van der Waals surface area (Å²) in [6.07, 6.45) is 2.39. The van der Waals surface area contributed by atoms with E-state index in [1.165, 1.54) is 42.7 Å². The van der Waals surface area contributed by atoms with Crippen LogP contribution >= 0.6 is 11.6 Å². The van der Waals surface area contributed by atoms with Crippen molar-refractivity contribution >= 4 is 39.2 Å². The number of pyridine rings is 1. The molecule has 0 fully saturated rings. The lowest BCUT2D eigenvalue weighted by Crippen LogP contribution is -2.47. The number of hydrogen-bond acceptors (Lipinski definition) is 6. The number of aromatic nitrogens is 1. The van der Waals surface area contributed by atoms with Crippen molar-refractivity contribution < 1.29 is 27.9 Å². The summed E-state index contributed by atoms with van der Waals surface area (Å²) in [7, 11) is -4.11. The second-order valence-electron chi connectivity index (χ2n) is 6.85. The minimum absolute atomic E-state index is 0.0858. The maximum atomic E-state index is 12.9. The van der Waals surface area contributed by atoms with Crippen molar-refractivity contribution in [3.05, 3.63) is 83.6 Å². The van der Waals surface area contributed by atoms with E-state index in [4.69, 9.17) is 21.4 Å². The van der Waals surface area contributed by atoms with Crippen molar-refractivity contribution in [1.82, 2.24) is 9.71 Å². The molecule has 172 valence electrons. The normalized spacial score (nSPS) is 12.0. The maximum Gasteiger partial charge on any atom is 0.307 e. The number of carboxylic acids is 1. The lowest BCUT2D eigenvalue weighted by atomic mass is 10.2. The van der Waals surface area contributed by atoms with Crippen molar-refractivity contribution in [2.45, 2.75) is 17.4 Å². The Hall–Kier alpha value is -3.47. The van der Waals surface area contributed by atoms with Gasteiger partial charge in [-0.1, -0.05) is 29.8 Å². The number of nitrogens with zero attached hydrogens (tertiary/aromatic N) is 1. The molecule has 3 rings (SSSR count). The van der Waals surface area contributed by atoms with E-state index in [0.717, 1.165) is 0 Å². The Balaban J connectivity index is 1.83. The quantitative estimate of drug-likeness (QED) is 0.398. The summed E-state index contributed by atoms with van der Waals surface area (Å²) in [5.41, 5.74) is 0.798. The molecule has 1 aromatic heterocycles. The van der Waals surface area contributed by atoms with E-state index >= 15 is 0 Å². The third kappa shape index (κ3) is 7.01. The molecule has 3 N–H and O–H groups in total. The second kappa shape index (κ2) is 10.9. The van der Waals surface area contributed by atoms with Crippen molar-refractivity contribution in [2.24, 2.45) is 0 Å². The first kappa shape index (κ1) is 24.2. The fourth-order valence-corrected chi connectivity index (χ4v) is 4.11. The van der Waals surface area contributed by atoms with Gasteiger partial charge in [0, 0.05) is 22.5 Å². The van der Waals surface area contributed by atoms with Gasteiger partial charge in [-0.05, 0) is 42.5 Å². The van der Waals surface area contributed by atoms with Gasteiger partial charge in [-0.25, -0.2) is 8.42 Å². The summed E-state index contributed by atoms with van der Waals surface area (Å²) in [5, 5.41) is 12.1. The van der Waals surface area contributed by atoms with Crippen LogP contribution in [0.15, 0.2) is 78.0 Å². The number of amides is 1. The molecule has 1 amide bonds. The Morgan fingerprint density at radius 3 is 2.42 bits per heavy atom. The molecule has 33 heavy (non-hydrogen) atoms. The van der Waals surface area contributed by atoms with Crippen LogP contribution in [-0.2, 0) is 26.0 Å². The highest BCUT2D eigenvalue weighted by Crippen LogP contribution is 2.19. The number of hydrogen-bond donors (Lipinski definition) is 3. The van der Waals surface area contributed by atoms with Gasteiger partial charge in [0.25, 0.3) is 0 Å². The van der Waals surface area contributed by atoms with Crippen LogP contribution in [0, 0.1) is 0 Å². The fraction of sp³-hybridized carbons (Fsp3) is 0.136. The Morgan fingerprint density at radius 2 is 1.76 bits per heavy atom. The molecule has 11 heteroatoms. The molecule has 0 bridgehead atoms. The summed E-state index contributed by atoms with van der Waals surface area (Å²) < 4.78 is 33.7. The summed E-state index contributed by atoms with van der Waals surface area (Å²) in [6, 6.07) is 14.1. The van der Waals surface area contributed by atoms with Gasteiger partial charge in [0.15, 0.2) is 0 Å². The second-order valence-corrected chi connectivity index (χ2v) is 9.00. The SMILES string of the molecule is O=C(O)Cc1ccncc1OCC(NS(=O)(=O)c1ccc(Cl)cc1)C(=O)Nc1ccccc1. The molecule has 3 aromatic rings. The largest absolute Gasteiger partial charge is 0.489 e. The molecule has 9 nitrogen and oxygen atoms in total. The van der Waals surface area contributed by atoms with Gasteiger partial charge >= 0.3 is 5.97 Å². The van der Waals surface area contributed by atoms with Crippen LogP contribution in [0.1, 0.15) is 5.56 Å². The van der Waals surface area contributed by atoms with E-state index in [9.17, 15) is 18.0 Å². The molecule has 0 saturated heterocycles. The van der Waals surface area contributed by atoms with Crippen LogP contribution in [0.2, 0.25) is 5.02 Å². The zero-order valence-electron chi connectivity index (χ0n) is 17.1. The van der Waals surface area contributed by atoms with Crippen molar-refractivity contribution in [1.29, 1.82) is 0 Å². The molecular weight excluding hydrogens is 470 g/mol. The number of carboxylic acid groups (broad SMARTS) is 1. The molecular formula is C22H20ClN3O6S. The number of carbonyl (C=O) groups is 2. The predicted octanol–water partition coefficient (Wildman–Crippen LogP) is 2.73. The molecule has 0 saturated carbocycles. The van der Waals surface area contributed by atoms with Crippen LogP contribution in [0.3, 0.4) is 0 Å². The molecule has 0 aliphatic carbocycles. The Kier molecular flexibility index (Phi) is 7.99. The smallest absolute Gasteiger partial charge is 0.307 e. The van der Waals surface area contributed by atoms with Crippen LogP contribution in [0.4, 0.5) is 5.69 Å². The highest BCUT2D eigenvalue weighted by molar-refractivity contribution is 7.89. The van der Waals surface area contributed by atoms with Crippen molar-refractivity contribution in [3.8, 4) is 5.75 Å². The first-order valence-electron chi connectivity index (χ1n) is 9.66. The van der Waals surface area contributed by atoms with Crippen LogP contribution in [0.25, 0.3) is 0 Å². The van der Waals surface area contributed by atoms with Crippen LogP contribution in [0.5, 0.6) is 5.75 Å². The van der Waals surface area contributed by atoms with E-state index in [1.54, 1.807) is 30.3 Å². The Morgan fingerprint density at radius 1 is 1.06 bits per heavy atom. The Bertz CT molecular complexity index is 1220. The topological polar surface area (TPSA) is 135 Å². The summed E-state index contributed by atoms with van der Waals surface area (Å²) >= 11 is 5.83. The number of sulfonamides is 1. The van der Waals surface area contributed by atoms with Gasteiger partial charge in [0.2, 0.25) is 15.9 Å². The highest BCUT2D eigenvalue weighted by atomic mass is 35.5. The van der Waals surface area contributed by atoms with Crippen LogP contribution in [-0.4, -0.2) is 43.0 Å². The first-order chi connectivity index (χ1) is 15.7. The van der Waals surface area contributed by atoms with Gasteiger partial charge < -0.3 is 15.2 Å². The van der Waals surface area contributed by atoms with Crippen LogP contribution < -0.4 is 14.8 Å². The number of para-hydroxylation sites is 1. The van der Waals surface area contributed by atoms with E-state index < -0.39 is 34.5 Å². The fourth-order valence-electron chi connectivity index (χ4n) is 2.80. The minimum atomic E-state index is -4.11. The molecule has 2 aromatic carbocycles. The van der Waals surface area contributed by atoms with Gasteiger partial charge in [0.1, 0.15) is 18.4 Å². The first-order valence-corrected chi connectivity index (χ1v) is 11.5. The molecule has 0 spiro atoms. The lowest BCUT2D eigenvalue weighted by molar-refractivity contribution is -0.136. The Labute approximate surface area is 195 Å². The van der Waals surface area contributed by atoms with E-state index in [1.807, 2.05) is 0 Å². The van der Waals surface area contributed by atoms with E-state index in [2.05, 4.69) is 15.0 Å². The number of nitrogens with one attached hydrogen (secondary N) is 2. The van der Waals surface area contributed by atoms with E-state index in [-0.39, 0.29) is 17.1 Å². The molecule has 1 unspecified atom stereocenters. The number of carbonyl (C=O) groups excluding carboxylic acids is 1. The van der Waals surface area contributed by atoms with Gasteiger partial charge in [-0.3, -0.25) is 14.6 Å². The third-order valence-corrected chi connectivity index (χ3v) is 6.14. The average molecular weight is 490 g/mol. The highest BCUT2D eigenvalue weighted by Gasteiger charge is 2.27. The summed E-state index contributed by atoms with van der Waals surface area (Å²) in [5.74, 6) is -1.61. The molecule has 0 aliphatic rings. The zero-order chi connectivity index (χ0) is 23.8. The predicted molar refractivity (Wildman–Crippen MR) is 122 cm³/mol. The van der Waals surface area contributed by atoms with Crippen molar-refractivity contribution in [3.63, 3.8) is 0 Å². The van der Waals surface area contributed by atoms with Gasteiger partial charge in [-0.2, -0.15) is 4.72 Å². The molecule has 0 radical (unpaired) electrons. The zero-order valence-corrected chi connectivity index (χ0v) is 18.7. The summed E-state index contributed by atoms with van der Waals surface area (Å²) in [4.78, 5) is 27.8. The number of ether oxygens (including phenoxy) is 1. The average Bonchev–Trinajstić information content (AvgIpc) is 2.78. The van der Waals surface area contributed by atoms with Gasteiger partial charge in [-0.15, -0.1) is 0 Å². The molecule has 1 heterocycles. The minimum Gasteiger partial charge on any atom is -0.489 e. The van der Waals surface area contributed by atoms with E-state index in [0.29, 0.717) is 16.3 Å². The monoisotopic (exact) mass is 489 g/mol. The van der Waals surface area contributed by atoms with Crippen molar-refractivity contribution in [2.75, 3.05) is 11.9 Å². The standard InChI is InChI=1S/C22H20ClN3O6S/c23-16-6-8-18(9-7-16)33(30,31)26-19(22(29)25-17-4-2-1-3-5-17)14-32-20-13-24-11-10-15(20)12-21(27)28/h1-11,13,19,26H,12,14H2,(H,25,29)(H,27,28).